The van der Waals surface area contributed by atoms with E-state index in [9.17, 15) is 9.59 Å². The predicted molar refractivity (Wildman–Crippen MR) is 63.5 cm³/mol. The smallest absolute Gasteiger partial charge is 0.308 e. The van der Waals surface area contributed by atoms with Crippen molar-refractivity contribution in [3.63, 3.8) is 0 Å². The van der Waals surface area contributed by atoms with E-state index in [-0.39, 0.29) is 17.8 Å². The van der Waals surface area contributed by atoms with Crippen molar-refractivity contribution < 1.29 is 14.3 Å². The standard InChI is InChI=1S/C13H21NO3/c1-2-17-13(16)9-5-6-12(15)10(8-9)11-4-3-7-14-11/h9-11,14H,2-8H2,1H3. The predicted octanol–water partition coefficient (Wildman–Crippen LogP) is 1.29. The van der Waals surface area contributed by atoms with Crippen molar-refractivity contribution in [2.75, 3.05) is 13.2 Å². The maximum atomic E-state index is 11.9. The highest BCUT2D eigenvalue weighted by molar-refractivity contribution is 5.85. The number of esters is 1. The topological polar surface area (TPSA) is 55.4 Å². The van der Waals surface area contributed by atoms with E-state index in [4.69, 9.17) is 4.74 Å². The number of ketones is 1. The molecule has 2 fully saturated rings. The molecule has 0 bridgehead atoms. The maximum Gasteiger partial charge on any atom is 0.308 e. The molecule has 0 aromatic heterocycles. The number of Topliss-reactive ketones (excluding diaryl/α,β-unsaturated/α-hetero) is 1. The number of hydrogen-bond donors (Lipinski definition) is 1. The van der Waals surface area contributed by atoms with Crippen molar-refractivity contribution in [3.05, 3.63) is 0 Å². The van der Waals surface area contributed by atoms with E-state index in [0.29, 0.717) is 37.7 Å². The van der Waals surface area contributed by atoms with E-state index in [2.05, 4.69) is 5.32 Å². The Bertz CT molecular complexity index is 297. The van der Waals surface area contributed by atoms with E-state index in [0.717, 1.165) is 19.4 Å². The minimum Gasteiger partial charge on any atom is -0.466 e. The van der Waals surface area contributed by atoms with Crippen LogP contribution in [0.15, 0.2) is 0 Å². The third kappa shape index (κ3) is 2.86. The Kier molecular flexibility index (Phi) is 4.15. The maximum absolute atomic E-state index is 11.9. The average Bonchev–Trinajstić information content (AvgIpc) is 2.83. The Morgan fingerprint density at radius 2 is 2.29 bits per heavy atom. The zero-order valence-corrected chi connectivity index (χ0v) is 10.4. The molecule has 17 heavy (non-hydrogen) atoms. The number of ether oxygens (including phenoxy) is 1. The lowest BCUT2D eigenvalue weighted by Crippen LogP contribution is -2.41. The lowest BCUT2D eigenvalue weighted by Gasteiger charge is -2.30. The molecule has 2 aliphatic rings. The summed E-state index contributed by atoms with van der Waals surface area (Å²) in [6.07, 6.45) is 4.08. The van der Waals surface area contributed by atoms with Crippen molar-refractivity contribution in [1.29, 1.82) is 0 Å². The lowest BCUT2D eigenvalue weighted by molar-refractivity contribution is -0.150. The van der Waals surface area contributed by atoms with Crippen LogP contribution >= 0.6 is 0 Å². The third-order valence-corrected chi connectivity index (χ3v) is 3.90. The first-order valence-electron chi connectivity index (χ1n) is 6.65. The van der Waals surface area contributed by atoms with Crippen molar-refractivity contribution in [1.82, 2.24) is 5.32 Å². The van der Waals surface area contributed by atoms with Gasteiger partial charge in [0.15, 0.2) is 0 Å². The number of carbonyl (C=O) groups is 2. The average molecular weight is 239 g/mol. The van der Waals surface area contributed by atoms with E-state index >= 15 is 0 Å². The second-order valence-corrected chi connectivity index (χ2v) is 5.00. The molecule has 2 rings (SSSR count). The van der Waals surface area contributed by atoms with E-state index < -0.39 is 0 Å². The Morgan fingerprint density at radius 1 is 1.47 bits per heavy atom. The molecule has 3 unspecified atom stereocenters. The molecule has 1 aliphatic carbocycles. The summed E-state index contributed by atoms with van der Waals surface area (Å²) in [5.41, 5.74) is 0. The molecule has 0 aromatic rings. The largest absolute Gasteiger partial charge is 0.466 e. The van der Waals surface area contributed by atoms with Gasteiger partial charge in [-0.15, -0.1) is 0 Å². The summed E-state index contributed by atoms with van der Waals surface area (Å²) in [6.45, 7) is 3.25. The van der Waals surface area contributed by atoms with Gasteiger partial charge in [0.25, 0.3) is 0 Å². The minimum absolute atomic E-state index is 0.0284. The van der Waals surface area contributed by atoms with Crippen LogP contribution in [0.3, 0.4) is 0 Å². The molecule has 1 aliphatic heterocycles. The SMILES string of the molecule is CCOC(=O)C1CCC(=O)C(C2CCCN2)C1. The second-order valence-electron chi connectivity index (χ2n) is 5.00. The fraction of sp³-hybridized carbons (Fsp3) is 0.846. The first-order chi connectivity index (χ1) is 8.22. The highest BCUT2D eigenvalue weighted by Crippen LogP contribution is 2.32. The molecule has 1 heterocycles. The zero-order chi connectivity index (χ0) is 12.3. The number of rotatable bonds is 3. The summed E-state index contributed by atoms with van der Waals surface area (Å²) >= 11 is 0. The van der Waals surface area contributed by atoms with Crippen LogP contribution in [0.1, 0.15) is 39.0 Å². The Morgan fingerprint density at radius 3 is 2.94 bits per heavy atom. The van der Waals surface area contributed by atoms with E-state index in [1.165, 1.54) is 0 Å². The summed E-state index contributed by atoms with van der Waals surface area (Å²) in [5.74, 6) is 0.161. The van der Waals surface area contributed by atoms with Crippen molar-refractivity contribution in [2.45, 2.75) is 45.1 Å². The molecule has 0 radical (unpaired) electrons. The molecule has 3 atom stereocenters. The van der Waals surface area contributed by atoms with Crippen LogP contribution in [-0.4, -0.2) is 30.9 Å². The summed E-state index contributed by atoms with van der Waals surface area (Å²) in [5, 5.41) is 3.38. The van der Waals surface area contributed by atoms with Gasteiger partial charge in [0.05, 0.1) is 12.5 Å². The van der Waals surface area contributed by atoms with Gasteiger partial charge in [0, 0.05) is 18.4 Å². The molecular formula is C13H21NO3. The van der Waals surface area contributed by atoms with Gasteiger partial charge < -0.3 is 10.1 Å². The molecule has 96 valence electrons. The highest BCUT2D eigenvalue weighted by Gasteiger charge is 2.38. The number of carbonyl (C=O) groups excluding carboxylic acids is 2. The molecule has 1 saturated heterocycles. The quantitative estimate of drug-likeness (QED) is 0.754. The van der Waals surface area contributed by atoms with Crippen LogP contribution in [0.4, 0.5) is 0 Å². The Balaban J connectivity index is 1.95. The normalized spacial score (nSPS) is 33.7. The van der Waals surface area contributed by atoms with Gasteiger partial charge in [-0.2, -0.15) is 0 Å². The number of hydrogen-bond acceptors (Lipinski definition) is 4. The zero-order valence-electron chi connectivity index (χ0n) is 10.4. The van der Waals surface area contributed by atoms with Crippen LogP contribution in [-0.2, 0) is 14.3 Å². The summed E-state index contributed by atoms with van der Waals surface area (Å²) < 4.78 is 5.06. The summed E-state index contributed by atoms with van der Waals surface area (Å²) in [6, 6.07) is 0.291. The van der Waals surface area contributed by atoms with Gasteiger partial charge >= 0.3 is 5.97 Å². The molecular weight excluding hydrogens is 218 g/mol. The van der Waals surface area contributed by atoms with Gasteiger partial charge in [0.2, 0.25) is 0 Å². The molecule has 1 saturated carbocycles. The molecule has 0 spiro atoms. The summed E-state index contributed by atoms with van der Waals surface area (Å²) in [4.78, 5) is 23.6. The number of nitrogens with one attached hydrogen (secondary N) is 1. The van der Waals surface area contributed by atoms with E-state index in [1.54, 1.807) is 0 Å². The second kappa shape index (κ2) is 5.63. The van der Waals surface area contributed by atoms with Crippen LogP contribution in [0.5, 0.6) is 0 Å². The van der Waals surface area contributed by atoms with Crippen LogP contribution < -0.4 is 5.32 Å². The molecule has 0 amide bonds. The minimum atomic E-state index is -0.122. The third-order valence-electron chi connectivity index (χ3n) is 3.90. The highest BCUT2D eigenvalue weighted by atomic mass is 16.5. The van der Waals surface area contributed by atoms with Crippen molar-refractivity contribution >= 4 is 11.8 Å². The van der Waals surface area contributed by atoms with Crippen LogP contribution in [0.2, 0.25) is 0 Å². The van der Waals surface area contributed by atoms with Gasteiger partial charge in [-0.3, -0.25) is 9.59 Å². The Labute approximate surface area is 102 Å². The van der Waals surface area contributed by atoms with Crippen LogP contribution in [0.25, 0.3) is 0 Å². The fourth-order valence-corrected chi connectivity index (χ4v) is 2.98. The van der Waals surface area contributed by atoms with E-state index in [1.807, 2.05) is 6.92 Å². The fourth-order valence-electron chi connectivity index (χ4n) is 2.98. The lowest BCUT2D eigenvalue weighted by atomic mass is 9.76. The molecule has 1 N–H and O–H groups in total. The first kappa shape index (κ1) is 12.6. The molecule has 4 nitrogen and oxygen atoms in total. The molecule has 0 aromatic carbocycles. The van der Waals surface area contributed by atoms with Gasteiger partial charge in [-0.05, 0) is 39.2 Å². The van der Waals surface area contributed by atoms with Crippen molar-refractivity contribution in [3.8, 4) is 0 Å². The monoisotopic (exact) mass is 239 g/mol. The van der Waals surface area contributed by atoms with Crippen molar-refractivity contribution in [2.24, 2.45) is 11.8 Å². The first-order valence-corrected chi connectivity index (χ1v) is 6.65. The van der Waals surface area contributed by atoms with Gasteiger partial charge in [-0.1, -0.05) is 0 Å². The summed E-state index contributed by atoms with van der Waals surface area (Å²) in [7, 11) is 0. The van der Waals surface area contributed by atoms with Crippen LogP contribution in [0, 0.1) is 11.8 Å². The van der Waals surface area contributed by atoms with Gasteiger partial charge in [-0.25, -0.2) is 0 Å². The Hall–Kier alpha value is -0.900. The molecule has 4 heteroatoms. The van der Waals surface area contributed by atoms with Gasteiger partial charge in [0.1, 0.15) is 5.78 Å².